The summed E-state index contributed by atoms with van der Waals surface area (Å²) in [7, 11) is 0. The van der Waals surface area contributed by atoms with E-state index in [9.17, 15) is 13.2 Å². The van der Waals surface area contributed by atoms with Crippen molar-refractivity contribution in [3.05, 3.63) is 29.1 Å². The number of hydrogen-bond acceptors (Lipinski definition) is 1. The Labute approximate surface area is 92.7 Å². The van der Waals surface area contributed by atoms with Crippen molar-refractivity contribution in [2.45, 2.75) is 20.3 Å². The molecule has 88 valence electrons. The number of halogens is 3. The Bertz CT molecular complexity index is 415. The molecule has 1 N–H and O–H groups in total. The van der Waals surface area contributed by atoms with Crippen LogP contribution in [0.4, 0.5) is 18.9 Å². The van der Waals surface area contributed by atoms with Crippen LogP contribution in [0.1, 0.15) is 19.4 Å². The third kappa shape index (κ3) is 1.77. The molecule has 0 spiro atoms. The van der Waals surface area contributed by atoms with Crippen molar-refractivity contribution in [2.24, 2.45) is 11.8 Å². The van der Waals surface area contributed by atoms with Gasteiger partial charge in [0.2, 0.25) is 0 Å². The van der Waals surface area contributed by atoms with Crippen LogP contribution >= 0.6 is 0 Å². The van der Waals surface area contributed by atoms with Crippen LogP contribution in [0.3, 0.4) is 0 Å². The van der Waals surface area contributed by atoms with Gasteiger partial charge in [0.15, 0.2) is 11.6 Å². The van der Waals surface area contributed by atoms with Gasteiger partial charge in [-0.25, -0.2) is 13.2 Å². The number of fused-ring (bicyclic) bond motifs is 1. The molecule has 1 unspecified atom stereocenters. The minimum absolute atomic E-state index is 0.121. The SMILES string of the molecule is CC(C)C1CNc2c(F)cc(F)c(F)c2C1. The summed E-state index contributed by atoms with van der Waals surface area (Å²) < 4.78 is 39.9. The zero-order chi connectivity index (χ0) is 11.9. The maximum absolute atomic E-state index is 13.5. The summed E-state index contributed by atoms with van der Waals surface area (Å²) in [6.45, 7) is 4.64. The molecule has 1 nitrogen and oxygen atoms in total. The summed E-state index contributed by atoms with van der Waals surface area (Å²) >= 11 is 0. The van der Waals surface area contributed by atoms with Gasteiger partial charge in [0.25, 0.3) is 0 Å². The molecule has 0 aliphatic carbocycles. The summed E-state index contributed by atoms with van der Waals surface area (Å²) in [5.74, 6) is -2.18. The fraction of sp³-hybridized carbons (Fsp3) is 0.500. The number of nitrogens with one attached hydrogen (secondary N) is 1. The molecule has 0 radical (unpaired) electrons. The van der Waals surface area contributed by atoms with Crippen molar-refractivity contribution in [3.63, 3.8) is 0 Å². The van der Waals surface area contributed by atoms with E-state index >= 15 is 0 Å². The Balaban J connectivity index is 2.44. The van der Waals surface area contributed by atoms with E-state index < -0.39 is 17.5 Å². The monoisotopic (exact) mass is 229 g/mol. The highest BCUT2D eigenvalue weighted by Gasteiger charge is 2.27. The van der Waals surface area contributed by atoms with Gasteiger partial charge < -0.3 is 5.32 Å². The molecule has 1 atom stereocenters. The zero-order valence-corrected chi connectivity index (χ0v) is 9.28. The lowest BCUT2D eigenvalue weighted by molar-refractivity contribution is 0.378. The van der Waals surface area contributed by atoms with Gasteiger partial charge in [0.1, 0.15) is 5.82 Å². The minimum atomic E-state index is -1.11. The quantitative estimate of drug-likeness (QED) is 0.728. The summed E-state index contributed by atoms with van der Waals surface area (Å²) in [5.41, 5.74) is 0.262. The minimum Gasteiger partial charge on any atom is -0.382 e. The lowest BCUT2D eigenvalue weighted by Crippen LogP contribution is -2.28. The lowest BCUT2D eigenvalue weighted by Gasteiger charge is -2.29. The number of benzene rings is 1. The van der Waals surface area contributed by atoms with E-state index in [1.165, 1.54) is 0 Å². The van der Waals surface area contributed by atoms with Gasteiger partial charge in [-0.1, -0.05) is 13.8 Å². The summed E-state index contributed by atoms with van der Waals surface area (Å²) in [6, 6.07) is 0.594. The Morgan fingerprint density at radius 2 is 1.94 bits per heavy atom. The summed E-state index contributed by atoms with van der Waals surface area (Å²) in [6.07, 6.45) is 0.389. The van der Waals surface area contributed by atoms with Gasteiger partial charge in [0.05, 0.1) is 5.69 Å². The van der Waals surface area contributed by atoms with Crippen LogP contribution < -0.4 is 5.32 Å². The largest absolute Gasteiger partial charge is 0.382 e. The van der Waals surface area contributed by atoms with Crippen molar-refractivity contribution in [1.82, 2.24) is 0 Å². The second kappa shape index (κ2) is 4.00. The lowest BCUT2D eigenvalue weighted by atomic mass is 9.85. The zero-order valence-electron chi connectivity index (χ0n) is 9.28. The average Bonchev–Trinajstić information content (AvgIpc) is 2.25. The van der Waals surface area contributed by atoms with Gasteiger partial charge in [-0.3, -0.25) is 0 Å². The first-order valence-corrected chi connectivity index (χ1v) is 5.41. The van der Waals surface area contributed by atoms with Crippen molar-refractivity contribution < 1.29 is 13.2 Å². The standard InChI is InChI=1S/C12H14F3N/c1-6(2)7-3-8-11(15)9(13)4-10(14)12(8)16-5-7/h4,6-7,16H,3,5H2,1-2H3. The molecular formula is C12H14F3N. The maximum atomic E-state index is 13.5. The topological polar surface area (TPSA) is 12.0 Å². The third-order valence-corrected chi connectivity index (χ3v) is 3.22. The fourth-order valence-corrected chi connectivity index (χ4v) is 2.07. The van der Waals surface area contributed by atoms with Crippen molar-refractivity contribution >= 4 is 5.69 Å². The summed E-state index contributed by atoms with van der Waals surface area (Å²) in [4.78, 5) is 0. The third-order valence-electron chi connectivity index (χ3n) is 3.22. The van der Waals surface area contributed by atoms with Crippen LogP contribution in [0.25, 0.3) is 0 Å². The molecule has 2 rings (SSSR count). The van der Waals surface area contributed by atoms with Crippen molar-refractivity contribution in [1.29, 1.82) is 0 Å². The molecule has 1 aliphatic rings. The van der Waals surface area contributed by atoms with Crippen LogP contribution in [0.5, 0.6) is 0 Å². The molecule has 16 heavy (non-hydrogen) atoms. The van der Waals surface area contributed by atoms with Crippen LogP contribution in [-0.4, -0.2) is 6.54 Å². The van der Waals surface area contributed by atoms with Crippen LogP contribution in [0.2, 0.25) is 0 Å². The van der Waals surface area contributed by atoms with E-state index in [-0.39, 0.29) is 17.2 Å². The molecule has 0 saturated heterocycles. The van der Waals surface area contributed by atoms with Crippen LogP contribution in [-0.2, 0) is 6.42 Å². The van der Waals surface area contributed by atoms with Crippen LogP contribution in [0.15, 0.2) is 6.07 Å². The van der Waals surface area contributed by atoms with Crippen molar-refractivity contribution in [2.75, 3.05) is 11.9 Å². The molecular weight excluding hydrogens is 215 g/mol. The first-order valence-electron chi connectivity index (χ1n) is 5.41. The fourth-order valence-electron chi connectivity index (χ4n) is 2.07. The van der Waals surface area contributed by atoms with Gasteiger partial charge in [-0.15, -0.1) is 0 Å². The molecule has 1 heterocycles. The van der Waals surface area contributed by atoms with Crippen molar-refractivity contribution in [3.8, 4) is 0 Å². The van der Waals surface area contributed by atoms with E-state index in [1.807, 2.05) is 13.8 Å². The Morgan fingerprint density at radius 3 is 2.56 bits per heavy atom. The summed E-state index contributed by atoms with van der Waals surface area (Å²) in [5, 5.41) is 2.85. The highest BCUT2D eigenvalue weighted by Crippen LogP contribution is 2.33. The molecule has 1 aromatic rings. The van der Waals surface area contributed by atoms with E-state index in [1.54, 1.807) is 0 Å². The molecule has 0 bridgehead atoms. The number of hydrogen-bond donors (Lipinski definition) is 1. The maximum Gasteiger partial charge on any atom is 0.164 e. The molecule has 1 aromatic carbocycles. The first kappa shape index (κ1) is 11.3. The van der Waals surface area contributed by atoms with E-state index in [0.29, 0.717) is 24.9 Å². The number of anilines is 1. The predicted molar refractivity (Wildman–Crippen MR) is 56.8 cm³/mol. The van der Waals surface area contributed by atoms with Gasteiger partial charge in [-0.2, -0.15) is 0 Å². The molecule has 0 aromatic heterocycles. The Hall–Kier alpha value is -1.19. The van der Waals surface area contributed by atoms with E-state index in [0.717, 1.165) is 0 Å². The van der Waals surface area contributed by atoms with E-state index in [2.05, 4.69) is 5.32 Å². The Kier molecular flexibility index (Phi) is 2.82. The second-order valence-corrected chi connectivity index (χ2v) is 4.60. The highest BCUT2D eigenvalue weighted by molar-refractivity contribution is 5.55. The normalized spacial score (nSPS) is 19.5. The molecule has 0 amide bonds. The molecule has 4 heteroatoms. The van der Waals surface area contributed by atoms with Crippen LogP contribution in [0, 0.1) is 29.3 Å². The van der Waals surface area contributed by atoms with E-state index in [4.69, 9.17) is 0 Å². The molecule has 0 fully saturated rings. The Morgan fingerprint density at radius 1 is 1.25 bits per heavy atom. The average molecular weight is 229 g/mol. The number of rotatable bonds is 1. The van der Waals surface area contributed by atoms with Gasteiger partial charge >= 0.3 is 0 Å². The molecule has 0 saturated carbocycles. The second-order valence-electron chi connectivity index (χ2n) is 4.60. The van der Waals surface area contributed by atoms with Gasteiger partial charge in [0, 0.05) is 18.2 Å². The highest BCUT2D eigenvalue weighted by atomic mass is 19.2. The predicted octanol–water partition coefficient (Wildman–Crippen LogP) is 3.34. The smallest absolute Gasteiger partial charge is 0.164 e. The van der Waals surface area contributed by atoms with Gasteiger partial charge in [-0.05, 0) is 18.3 Å². The molecule has 1 aliphatic heterocycles. The first-order chi connectivity index (χ1) is 7.50.